The summed E-state index contributed by atoms with van der Waals surface area (Å²) in [6, 6.07) is 6.12. The molecule has 1 aromatic rings. The van der Waals surface area contributed by atoms with Crippen LogP contribution in [-0.4, -0.2) is 167 Å². The lowest BCUT2D eigenvalue weighted by molar-refractivity contribution is -0.320. The average Bonchev–Trinajstić information content (AvgIpc) is 3.75. The van der Waals surface area contributed by atoms with Crippen molar-refractivity contribution in [2.24, 2.45) is 40.4 Å². The fourth-order valence-electron chi connectivity index (χ4n) is 13.9. The Labute approximate surface area is 358 Å². The zero-order valence-corrected chi connectivity index (χ0v) is 35.7. The molecule has 7 bridgehead atoms. The number of carbonyl (C=O) groups excluding carboxylic acids is 3. The molecule has 0 radical (unpaired) electrons. The zero-order valence-electron chi connectivity index (χ0n) is 35.7. The second-order valence-corrected chi connectivity index (χ2v) is 18.4. The number of hydrogen-bond donors (Lipinski definition) is 6. The molecule has 342 valence electrons. The topological polar surface area (TPSA) is 276 Å². The van der Waals surface area contributed by atoms with E-state index >= 15 is 0 Å². The van der Waals surface area contributed by atoms with E-state index in [1.165, 1.54) is 0 Å². The van der Waals surface area contributed by atoms with Crippen LogP contribution >= 0.6 is 0 Å². The molecule has 2 heterocycles. The van der Waals surface area contributed by atoms with Crippen LogP contribution < -0.4 is 4.90 Å². The number of piperidine rings is 1. The summed E-state index contributed by atoms with van der Waals surface area (Å²) in [6.45, 7) is 4.95. The van der Waals surface area contributed by atoms with E-state index in [1.807, 2.05) is 0 Å². The van der Waals surface area contributed by atoms with Gasteiger partial charge in [-0.05, 0) is 43.9 Å². The summed E-state index contributed by atoms with van der Waals surface area (Å²) in [5.74, 6) is -7.49. The van der Waals surface area contributed by atoms with Crippen LogP contribution in [0.4, 0.5) is 5.69 Å². The molecule has 1 aromatic carbocycles. The molecule has 1 unspecified atom stereocenters. The first-order valence-corrected chi connectivity index (χ1v) is 21.0. The monoisotopic (exact) mass is 874 g/mol. The number of esters is 1. The van der Waals surface area contributed by atoms with Gasteiger partial charge in [0.1, 0.15) is 11.2 Å². The Kier molecular flexibility index (Phi) is 12.0. The Bertz CT molecular complexity index is 1980. The van der Waals surface area contributed by atoms with Gasteiger partial charge in [0.2, 0.25) is 11.8 Å². The number of aliphatic carboxylic acids is 3. The van der Waals surface area contributed by atoms with Gasteiger partial charge < -0.3 is 54.3 Å². The minimum absolute atomic E-state index is 0.0358. The number of carbonyl (C=O) groups is 6. The Balaban J connectivity index is 0.000000387. The van der Waals surface area contributed by atoms with Gasteiger partial charge in [-0.15, -0.1) is 0 Å². The summed E-state index contributed by atoms with van der Waals surface area (Å²) in [6.07, 6.45) is -1.48. The minimum Gasteiger partial charge on any atom is -0.481 e. The third-order valence-corrected chi connectivity index (χ3v) is 15.8. The van der Waals surface area contributed by atoms with Crippen molar-refractivity contribution < 1.29 is 83.1 Å². The molecule has 2 saturated heterocycles. The van der Waals surface area contributed by atoms with Crippen LogP contribution in [0.3, 0.4) is 0 Å². The fraction of sp³-hybridized carbons (Fsp3) is 0.721. The first-order valence-electron chi connectivity index (χ1n) is 21.0. The molecule has 1 spiro atoms. The number of methoxy groups -OCH3 is 4. The number of amides is 2. The lowest BCUT2D eigenvalue weighted by Crippen LogP contribution is -2.82. The number of ether oxygens (including phenoxy) is 5. The van der Waals surface area contributed by atoms with Gasteiger partial charge in [0.15, 0.2) is 5.60 Å². The van der Waals surface area contributed by atoms with Crippen molar-refractivity contribution in [1.82, 2.24) is 4.90 Å². The van der Waals surface area contributed by atoms with Gasteiger partial charge in [0, 0.05) is 82.3 Å². The number of para-hydroxylation sites is 1. The predicted molar refractivity (Wildman–Crippen MR) is 212 cm³/mol. The van der Waals surface area contributed by atoms with E-state index in [1.54, 1.807) is 59.6 Å². The number of fused-ring (bicyclic) bond motifs is 2. The Morgan fingerprint density at radius 3 is 2.13 bits per heavy atom. The fourth-order valence-corrected chi connectivity index (χ4v) is 13.9. The number of nitrogens with zero attached hydrogens (tertiary/aromatic N) is 2. The van der Waals surface area contributed by atoms with Crippen molar-refractivity contribution in [1.29, 1.82) is 0 Å². The van der Waals surface area contributed by atoms with Crippen LogP contribution in [0.2, 0.25) is 0 Å². The van der Waals surface area contributed by atoms with Gasteiger partial charge in [-0.25, -0.2) is 14.5 Å². The van der Waals surface area contributed by atoms with Gasteiger partial charge >= 0.3 is 23.9 Å². The van der Waals surface area contributed by atoms with Gasteiger partial charge in [0.25, 0.3) is 0 Å². The number of aliphatic hydroxyl groups is 3. The summed E-state index contributed by atoms with van der Waals surface area (Å²) < 4.78 is 31.4. The Morgan fingerprint density at radius 2 is 1.60 bits per heavy atom. The Morgan fingerprint density at radius 1 is 0.935 bits per heavy atom. The van der Waals surface area contributed by atoms with Crippen molar-refractivity contribution in [2.75, 3.05) is 53.0 Å². The summed E-state index contributed by atoms with van der Waals surface area (Å²) >= 11 is 0. The van der Waals surface area contributed by atoms with Crippen molar-refractivity contribution in [3.8, 4) is 0 Å². The number of carboxylic acids is 3. The van der Waals surface area contributed by atoms with Crippen LogP contribution in [0.1, 0.15) is 69.2 Å². The average molecular weight is 875 g/mol. The van der Waals surface area contributed by atoms with Gasteiger partial charge in [0.05, 0.1) is 61.2 Å². The normalized spacial score (nSPS) is 40.2. The van der Waals surface area contributed by atoms with Gasteiger partial charge in [-0.3, -0.25) is 24.1 Å². The molecule has 5 saturated carbocycles. The zero-order chi connectivity index (χ0) is 45.5. The molecule has 2 aliphatic heterocycles. The summed E-state index contributed by atoms with van der Waals surface area (Å²) in [7, 11) is 6.70. The maximum absolute atomic E-state index is 14.1. The molecule has 14 atom stereocenters. The lowest BCUT2D eigenvalue weighted by Gasteiger charge is -2.70. The highest BCUT2D eigenvalue weighted by Crippen LogP contribution is 2.80. The third kappa shape index (κ3) is 6.28. The van der Waals surface area contributed by atoms with Crippen LogP contribution in [-0.2, 0) is 47.7 Å². The number of rotatable bonds is 14. The summed E-state index contributed by atoms with van der Waals surface area (Å²) in [5, 5.41) is 60.4. The first-order chi connectivity index (χ1) is 29.2. The van der Waals surface area contributed by atoms with E-state index < -0.39 is 82.4 Å². The molecule has 6 N–H and O–H groups in total. The number of imide groups is 1. The van der Waals surface area contributed by atoms with E-state index in [-0.39, 0.29) is 84.5 Å². The number of carboxylic acid groups (broad SMARTS) is 3. The molecule has 2 amide bonds. The highest BCUT2D eigenvalue weighted by Gasteiger charge is 2.91. The van der Waals surface area contributed by atoms with E-state index in [0.29, 0.717) is 25.9 Å². The van der Waals surface area contributed by atoms with Crippen molar-refractivity contribution in [3.05, 3.63) is 29.8 Å². The second kappa shape index (κ2) is 16.2. The number of hydrogen-bond acceptors (Lipinski definition) is 15. The van der Waals surface area contributed by atoms with Crippen molar-refractivity contribution in [2.45, 2.75) is 106 Å². The van der Waals surface area contributed by atoms with E-state index in [4.69, 9.17) is 44.1 Å². The standard InChI is InChI=1S/C37H50N2O10.C6H8O7/c1-7-38-17-34(18-49-32(42)20-10-8-9-11-23(20)39-26(40)14-19(2)31(39)41)13-12-25(46-4)36-22-15-21-24(45-3)16-35(43,27(22)28(21)47-5)37(44,33(36)38)30(48-6)29(34)36;7-3(8)1-6(13,5(11)12)2-4(9)10/h8-11,19,21-22,24-25,27-30,33,43-44H,7,12-18H2,1-6H3;13H,1-2H2,(H,7,8)(H,9,10)(H,11,12)/t19-,21+,22+,24-,25-,27+,28-,29+,30-,33?,34-,35+,36-,37+;/m0./s1. The van der Waals surface area contributed by atoms with Crippen LogP contribution in [0.15, 0.2) is 24.3 Å². The Hall–Kier alpha value is -4.08. The molecule has 7 fully saturated rings. The molecule has 5 aliphatic carbocycles. The SMILES string of the molecule is CCN1C[C@]2(COC(=O)c3ccccc3N3C(=O)C[C@H](C)C3=O)CC[C@H](OC)[C@]34C1[C@](O)([C@@H](OC)[C@H]23)[C@@]1(O)C[C@H](OC)[C@H]2C[C@@H]4[C@@H]1[C@H]2OC.O=C(O)CC(O)(CC(=O)O)C(=O)O. The third-order valence-electron chi connectivity index (χ3n) is 15.8. The highest BCUT2D eigenvalue weighted by molar-refractivity contribution is 6.22. The number of likely N-dealkylation sites (tertiary alicyclic amines) is 1. The summed E-state index contributed by atoms with van der Waals surface area (Å²) in [4.78, 5) is 73.8. The lowest BCUT2D eigenvalue weighted by atomic mass is 9.42. The maximum Gasteiger partial charge on any atom is 0.340 e. The summed E-state index contributed by atoms with van der Waals surface area (Å²) in [5.41, 5.74) is -6.91. The number of benzene rings is 1. The van der Waals surface area contributed by atoms with Crippen LogP contribution in [0.25, 0.3) is 0 Å². The van der Waals surface area contributed by atoms with Crippen molar-refractivity contribution in [3.63, 3.8) is 0 Å². The number of anilines is 1. The molecule has 19 nitrogen and oxygen atoms in total. The van der Waals surface area contributed by atoms with Crippen molar-refractivity contribution >= 4 is 41.4 Å². The van der Waals surface area contributed by atoms with E-state index in [0.717, 1.165) is 11.3 Å². The minimum atomic E-state index is -2.74. The molecule has 8 rings (SSSR count). The van der Waals surface area contributed by atoms with Crippen LogP contribution in [0.5, 0.6) is 0 Å². The molecule has 62 heavy (non-hydrogen) atoms. The predicted octanol–water partition coefficient (Wildman–Crippen LogP) is 0.787. The molecule has 19 heteroatoms. The smallest absolute Gasteiger partial charge is 0.340 e. The number of likely N-dealkylation sites (N-methyl/N-ethyl adjacent to an activating group) is 1. The molecular formula is C43H58N2O17. The second-order valence-electron chi connectivity index (χ2n) is 18.4. The largest absolute Gasteiger partial charge is 0.481 e. The molecule has 7 aliphatic rings. The van der Waals surface area contributed by atoms with E-state index in [9.17, 15) is 39.0 Å². The van der Waals surface area contributed by atoms with Gasteiger partial charge in [-0.2, -0.15) is 0 Å². The molecular weight excluding hydrogens is 816 g/mol. The van der Waals surface area contributed by atoms with E-state index in [2.05, 4.69) is 11.8 Å². The first kappa shape index (κ1) is 45.9. The highest BCUT2D eigenvalue weighted by atomic mass is 16.5. The maximum atomic E-state index is 14.1. The molecule has 0 aromatic heterocycles. The quantitative estimate of drug-likeness (QED) is 0.111. The van der Waals surface area contributed by atoms with Crippen LogP contribution in [0, 0.1) is 40.4 Å². The van der Waals surface area contributed by atoms with Gasteiger partial charge in [-0.1, -0.05) is 26.0 Å².